The van der Waals surface area contributed by atoms with Crippen LogP contribution < -0.4 is 4.90 Å². The van der Waals surface area contributed by atoms with Gasteiger partial charge in [-0.15, -0.1) is 0 Å². The molecular formula is C21H31N3O2. The third-order valence-electron chi connectivity index (χ3n) is 5.71. The number of hydrogen-bond acceptors (Lipinski definition) is 2. The third kappa shape index (κ3) is 3.87. The molecule has 2 aliphatic heterocycles. The smallest absolute Gasteiger partial charge is 0.325 e. The number of urea groups is 1. The van der Waals surface area contributed by atoms with Crippen molar-refractivity contribution in [3.05, 3.63) is 29.8 Å². The third-order valence-corrected chi connectivity index (χ3v) is 5.71. The lowest BCUT2D eigenvalue weighted by atomic mass is 10.00. The van der Waals surface area contributed by atoms with Crippen LogP contribution in [0, 0.1) is 0 Å². The highest BCUT2D eigenvalue weighted by Gasteiger charge is 2.33. The van der Waals surface area contributed by atoms with E-state index in [2.05, 4.69) is 32.9 Å². The van der Waals surface area contributed by atoms with E-state index in [4.69, 9.17) is 0 Å². The van der Waals surface area contributed by atoms with Crippen molar-refractivity contribution in [2.45, 2.75) is 58.4 Å². The molecule has 142 valence electrons. The largest absolute Gasteiger partial charge is 0.338 e. The summed E-state index contributed by atoms with van der Waals surface area (Å²) in [5.74, 6) is 0.574. The molecule has 0 aliphatic carbocycles. The summed E-state index contributed by atoms with van der Waals surface area (Å²) in [5, 5.41) is 0. The Balaban J connectivity index is 1.62. The van der Waals surface area contributed by atoms with Crippen LogP contribution in [0.4, 0.5) is 10.5 Å². The number of carbonyl (C=O) groups is 2. The summed E-state index contributed by atoms with van der Waals surface area (Å²) < 4.78 is 0. The molecule has 0 N–H and O–H groups in total. The lowest BCUT2D eigenvalue weighted by molar-refractivity contribution is -0.135. The quantitative estimate of drug-likeness (QED) is 0.803. The number of anilines is 1. The lowest BCUT2D eigenvalue weighted by Crippen LogP contribution is -2.48. The molecule has 0 spiro atoms. The van der Waals surface area contributed by atoms with Gasteiger partial charge in [0, 0.05) is 31.4 Å². The molecule has 2 aliphatic rings. The number of benzene rings is 1. The zero-order valence-electron chi connectivity index (χ0n) is 16.3. The van der Waals surface area contributed by atoms with Crippen LogP contribution in [0.15, 0.2) is 24.3 Å². The fraction of sp³-hybridized carbons (Fsp3) is 0.619. The molecule has 0 radical (unpaired) electrons. The van der Waals surface area contributed by atoms with Crippen LogP contribution in [0.25, 0.3) is 0 Å². The van der Waals surface area contributed by atoms with Crippen LogP contribution in [-0.2, 0) is 4.79 Å². The van der Waals surface area contributed by atoms with E-state index in [-0.39, 0.29) is 18.5 Å². The van der Waals surface area contributed by atoms with Crippen LogP contribution in [0.1, 0.15) is 57.9 Å². The van der Waals surface area contributed by atoms with Gasteiger partial charge in [0.25, 0.3) is 0 Å². The van der Waals surface area contributed by atoms with Crippen molar-refractivity contribution in [3.63, 3.8) is 0 Å². The van der Waals surface area contributed by atoms with Gasteiger partial charge in [0.1, 0.15) is 6.54 Å². The predicted molar refractivity (Wildman–Crippen MR) is 104 cm³/mol. The minimum atomic E-state index is -0.0549. The first kappa shape index (κ1) is 18.7. The highest BCUT2D eigenvalue weighted by atomic mass is 16.2. The fourth-order valence-electron chi connectivity index (χ4n) is 4.02. The zero-order chi connectivity index (χ0) is 18.7. The molecule has 0 bridgehead atoms. The van der Waals surface area contributed by atoms with E-state index in [1.807, 2.05) is 17.0 Å². The Morgan fingerprint density at radius 3 is 2.50 bits per heavy atom. The van der Waals surface area contributed by atoms with Crippen molar-refractivity contribution in [3.8, 4) is 0 Å². The van der Waals surface area contributed by atoms with Gasteiger partial charge in [-0.05, 0) is 49.3 Å². The summed E-state index contributed by atoms with van der Waals surface area (Å²) >= 11 is 0. The molecule has 26 heavy (non-hydrogen) atoms. The molecule has 1 aromatic rings. The Kier molecular flexibility index (Phi) is 5.84. The average molecular weight is 357 g/mol. The molecule has 0 aromatic heterocycles. The van der Waals surface area contributed by atoms with Gasteiger partial charge in [-0.3, -0.25) is 9.69 Å². The zero-order valence-corrected chi connectivity index (χ0v) is 16.3. The van der Waals surface area contributed by atoms with Crippen molar-refractivity contribution in [1.29, 1.82) is 0 Å². The standard InChI is InChI=1S/C21H31N3O2/c1-4-18-7-5-6-12-23(18)20(25)15-22-13-14-24(21(22)26)19-10-8-17(9-11-19)16(2)3/h8-11,16,18H,4-7,12-15H2,1-3H3. The van der Waals surface area contributed by atoms with Gasteiger partial charge >= 0.3 is 6.03 Å². The van der Waals surface area contributed by atoms with Crippen molar-refractivity contribution in [1.82, 2.24) is 9.80 Å². The molecular weight excluding hydrogens is 326 g/mol. The van der Waals surface area contributed by atoms with Crippen LogP contribution in [-0.4, -0.2) is 54.0 Å². The van der Waals surface area contributed by atoms with E-state index in [9.17, 15) is 9.59 Å². The van der Waals surface area contributed by atoms with Gasteiger partial charge in [-0.1, -0.05) is 32.9 Å². The van der Waals surface area contributed by atoms with E-state index in [0.717, 1.165) is 31.5 Å². The second-order valence-electron chi connectivity index (χ2n) is 7.75. The molecule has 3 rings (SSSR count). The maximum absolute atomic E-state index is 12.8. The summed E-state index contributed by atoms with van der Waals surface area (Å²) in [6.07, 6.45) is 4.36. The highest BCUT2D eigenvalue weighted by molar-refractivity contribution is 5.96. The molecule has 1 atom stereocenters. The molecule has 5 nitrogen and oxygen atoms in total. The topological polar surface area (TPSA) is 43.9 Å². The number of likely N-dealkylation sites (tertiary alicyclic amines) is 1. The van der Waals surface area contributed by atoms with Gasteiger partial charge in [0.05, 0.1) is 0 Å². The molecule has 1 aromatic carbocycles. The minimum Gasteiger partial charge on any atom is -0.338 e. The second-order valence-corrected chi connectivity index (χ2v) is 7.75. The Bertz CT molecular complexity index is 641. The number of amides is 3. The number of hydrogen-bond donors (Lipinski definition) is 0. The number of rotatable bonds is 5. The Labute approximate surface area is 156 Å². The van der Waals surface area contributed by atoms with E-state index < -0.39 is 0 Å². The number of piperidine rings is 1. The summed E-state index contributed by atoms with van der Waals surface area (Å²) in [5.41, 5.74) is 2.18. The minimum absolute atomic E-state index is 0.0549. The van der Waals surface area contributed by atoms with Crippen LogP contribution in [0.3, 0.4) is 0 Å². The van der Waals surface area contributed by atoms with E-state index in [1.54, 1.807) is 9.80 Å². The van der Waals surface area contributed by atoms with Crippen LogP contribution in [0.5, 0.6) is 0 Å². The first-order valence-electron chi connectivity index (χ1n) is 9.97. The van der Waals surface area contributed by atoms with E-state index in [0.29, 0.717) is 25.0 Å². The molecule has 5 heteroatoms. The number of carbonyl (C=O) groups excluding carboxylic acids is 2. The molecule has 2 heterocycles. The van der Waals surface area contributed by atoms with Gasteiger partial charge in [-0.25, -0.2) is 4.79 Å². The lowest BCUT2D eigenvalue weighted by Gasteiger charge is -2.36. The second kappa shape index (κ2) is 8.11. The predicted octanol–water partition coefficient (Wildman–Crippen LogP) is 3.84. The van der Waals surface area contributed by atoms with Gasteiger partial charge in [-0.2, -0.15) is 0 Å². The Morgan fingerprint density at radius 1 is 1.12 bits per heavy atom. The Morgan fingerprint density at radius 2 is 1.85 bits per heavy atom. The molecule has 1 unspecified atom stereocenters. The molecule has 0 saturated carbocycles. The van der Waals surface area contributed by atoms with Crippen LogP contribution in [0.2, 0.25) is 0 Å². The summed E-state index contributed by atoms with van der Waals surface area (Å²) in [6.45, 7) is 8.75. The summed E-state index contributed by atoms with van der Waals surface area (Å²) in [7, 11) is 0. The molecule has 3 amide bonds. The van der Waals surface area contributed by atoms with Crippen molar-refractivity contribution in [2.24, 2.45) is 0 Å². The average Bonchev–Trinajstić information content (AvgIpc) is 3.02. The Hall–Kier alpha value is -2.04. The molecule has 2 fully saturated rings. The number of nitrogens with zero attached hydrogens (tertiary/aromatic N) is 3. The first-order chi connectivity index (χ1) is 12.5. The van der Waals surface area contributed by atoms with Gasteiger partial charge < -0.3 is 9.80 Å². The van der Waals surface area contributed by atoms with Crippen molar-refractivity contribution < 1.29 is 9.59 Å². The monoisotopic (exact) mass is 357 g/mol. The maximum Gasteiger partial charge on any atom is 0.325 e. The van der Waals surface area contributed by atoms with E-state index >= 15 is 0 Å². The summed E-state index contributed by atoms with van der Waals surface area (Å²) in [4.78, 5) is 31.0. The fourth-order valence-corrected chi connectivity index (χ4v) is 4.02. The van der Waals surface area contributed by atoms with E-state index in [1.165, 1.54) is 12.0 Å². The molecule has 2 saturated heterocycles. The maximum atomic E-state index is 12.8. The van der Waals surface area contributed by atoms with Gasteiger partial charge in [0.15, 0.2) is 0 Å². The van der Waals surface area contributed by atoms with Crippen LogP contribution >= 0.6 is 0 Å². The van der Waals surface area contributed by atoms with Crippen molar-refractivity contribution in [2.75, 3.05) is 31.1 Å². The summed E-state index contributed by atoms with van der Waals surface area (Å²) in [6, 6.07) is 8.47. The normalized spacial score (nSPS) is 21.0. The van der Waals surface area contributed by atoms with Crippen molar-refractivity contribution >= 4 is 17.6 Å². The highest BCUT2D eigenvalue weighted by Crippen LogP contribution is 2.24. The van der Waals surface area contributed by atoms with Gasteiger partial charge in [0.2, 0.25) is 5.91 Å². The SMILES string of the molecule is CCC1CCCCN1C(=O)CN1CCN(c2ccc(C(C)C)cc2)C1=O. The first-order valence-corrected chi connectivity index (χ1v) is 9.97.